The van der Waals surface area contributed by atoms with E-state index in [9.17, 15) is 9.90 Å². The van der Waals surface area contributed by atoms with Gasteiger partial charge in [-0.25, -0.2) is 0 Å². The zero-order chi connectivity index (χ0) is 16.5. The molecule has 0 atom stereocenters. The summed E-state index contributed by atoms with van der Waals surface area (Å²) in [5, 5.41) is 12.5. The average Bonchev–Trinajstić information content (AvgIpc) is 2.57. The highest BCUT2D eigenvalue weighted by Gasteiger charge is 2.07. The van der Waals surface area contributed by atoms with E-state index < -0.39 is 0 Å². The topological polar surface area (TPSA) is 58.6 Å². The number of hydrogen-bond acceptors (Lipinski definition) is 3. The van der Waals surface area contributed by atoms with Gasteiger partial charge in [-0.2, -0.15) is 0 Å². The number of hydrogen-bond donors (Lipinski definition) is 2. The highest BCUT2D eigenvalue weighted by molar-refractivity contribution is 5.78. The maximum atomic E-state index is 11.9. The van der Waals surface area contributed by atoms with Gasteiger partial charge in [-0.3, -0.25) is 4.79 Å². The van der Waals surface area contributed by atoms with Crippen LogP contribution < -0.4 is 10.1 Å². The first kappa shape index (κ1) is 16.9. The van der Waals surface area contributed by atoms with Crippen molar-refractivity contribution in [1.29, 1.82) is 0 Å². The molecule has 4 nitrogen and oxygen atoms in total. The van der Waals surface area contributed by atoms with Gasteiger partial charge in [0.2, 0.25) is 5.91 Å². The number of rotatable bonds is 8. The van der Waals surface area contributed by atoms with E-state index in [0.717, 1.165) is 24.8 Å². The second-order valence-corrected chi connectivity index (χ2v) is 5.48. The number of ether oxygens (including phenoxy) is 1. The quantitative estimate of drug-likeness (QED) is 0.736. The van der Waals surface area contributed by atoms with E-state index in [1.165, 1.54) is 12.7 Å². The van der Waals surface area contributed by atoms with E-state index in [4.69, 9.17) is 4.74 Å². The molecule has 0 saturated heterocycles. The fraction of sp³-hybridized carbons (Fsp3) is 0.316. The molecule has 0 saturated carbocycles. The molecule has 0 aliphatic rings. The number of phenols is 1. The van der Waals surface area contributed by atoms with Crippen molar-refractivity contribution in [2.24, 2.45) is 0 Å². The van der Waals surface area contributed by atoms with Crippen LogP contribution in [0.4, 0.5) is 0 Å². The van der Waals surface area contributed by atoms with Crippen molar-refractivity contribution >= 4 is 5.91 Å². The van der Waals surface area contributed by atoms with Crippen molar-refractivity contribution in [2.75, 3.05) is 13.7 Å². The Kier molecular flexibility index (Phi) is 6.48. The predicted molar refractivity (Wildman–Crippen MR) is 90.8 cm³/mol. The van der Waals surface area contributed by atoms with Gasteiger partial charge in [0.25, 0.3) is 0 Å². The standard InChI is InChI=1S/C19H23NO3/c1-23-18-13-16(10-11-17(18)21)14-19(22)20-12-6-5-9-15-7-3-2-4-8-15/h2-4,7-8,10-11,13,21H,5-6,9,12,14H2,1H3,(H,20,22). The van der Waals surface area contributed by atoms with E-state index in [-0.39, 0.29) is 18.1 Å². The number of carbonyl (C=O) groups excluding carboxylic acids is 1. The van der Waals surface area contributed by atoms with Gasteiger partial charge >= 0.3 is 0 Å². The Morgan fingerprint density at radius 3 is 2.61 bits per heavy atom. The van der Waals surface area contributed by atoms with Crippen LogP contribution in [0.15, 0.2) is 48.5 Å². The van der Waals surface area contributed by atoms with Gasteiger partial charge in [-0.1, -0.05) is 36.4 Å². The molecule has 0 unspecified atom stereocenters. The minimum absolute atomic E-state index is 0.0162. The van der Waals surface area contributed by atoms with Crippen molar-refractivity contribution in [2.45, 2.75) is 25.7 Å². The molecule has 1 amide bonds. The molecule has 2 rings (SSSR count). The average molecular weight is 313 g/mol. The molecule has 0 aliphatic carbocycles. The van der Waals surface area contributed by atoms with Gasteiger partial charge in [0.15, 0.2) is 11.5 Å². The van der Waals surface area contributed by atoms with Gasteiger partial charge in [0.1, 0.15) is 0 Å². The Hall–Kier alpha value is -2.49. The summed E-state index contributed by atoms with van der Waals surface area (Å²) in [4.78, 5) is 11.9. The first-order valence-corrected chi connectivity index (χ1v) is 7.85. The van der Waals surface area contributed by atoms with Gasteiger partial charge in [0.05, 0.1) is 13.5 Å². The molecule has 0 fully saturated rings. The summed E-state index contributed by atoms with van der Waals surface area (Å²) < 4.78 is 5.04. The number of phenolic OH excluding ortho intramolecular Hbond substituents is 1. The number of amides is 1. The van der Waals surface area contributed by atoms with Gasteiger partial charge < -0.3 is 15.2 Å². The highest BCUT2D eigenvalue weighted by atomic mass is 16.5. The third-order valence-corrected chi connectivity index (χ3v) is 3.67. The summed E-state index contributed by atoms with van der Waals surface area (Å²) in [6, 6.07) is 15.3. The Morgan fingerprint density at radius 2 is 1.87 bits per heavy atom. The zero-order valence-electron chi connectivity index (χ0n) is 13.4. The van der Waals surface area contributed by atoms with Crippen molar-refractivity contribution in [1.82, 2.24) is 5.32 Å². The molecule has 2 aromatic carbocycles. The molecule has 0 radical (unpaired) electrons. The molecule has 2 N–H and O–H groups in total. The van der Waals surface area contributed by atoms with Crippen LogP contribution in [-0.4, -0.2) is 24.7 Å². The fourth-order valence-electron chi connectivity index (χ4n) is 2.41. The summed E-state index contributed by atoms with van der Waals surface area (Å²) in [5.74, 6) is 0.452. The maximum absolute atomic E-state index is 11.9. The van der Waals surface area contributed by atoms with Crippen LogP contribution in [0, 0.1) is 0 Å². The first-order valence-electron chi connectivity index (χ1n) is 7.85. The maximum Gasteiger partial charge on any atom is 0.224 e. The van der Waals surface area contributed by atoms with Crippen LogP contribution in [0.25, 0.3) is 0 Å². The summed E-state index contributed by atoms with van der Waals surface area (Å²) >= 11 is 0. The SMILES string of the molecule is COc1cc(CC(=O)NCCCCc2ccccc2)ccc1O. The smallest absolute Gasteiger partial charge is 0.224 e. The van der Waals surface area contributed by atoms with Crippen LogP contribution in [0.1, 0.15) is 24.0 Å². The Labute approximate surface area is 137 Å². The molecule has 122 valence electrons. The van der Waals surface area contributed by atoms with Crippen LogP contribution in [0.3, 0.4) is 0 Å². The van der Waals surface area contributed by atoms with E-state index in [1.807, 2.05) is 18.2 Å². The third kappa shape index (κ3) is 5.66. The number of aromatic hydroxyl groups is 1. The highest BCUT2D eigenvalue weighted by Crippen LogP contribution is 2.26. The Bertz CT molecular complexity index is 626. The Morgan fingerprint density at radius 1 is 1.09 bits per heavy atom. The van der Waals surface area contributed by atoms with Gasteiger partial charge in [0, 0.05) is 6.54 Å². The van der Waals surface area contributed by atoms with Crippen LogP contribution in [0.2, 0.25) is 0 Å². The van der Waals surface area contributed by atoms with E-state index in [1.54, 1.807) is 18.2 Å². The van der Waals surface area contributed by atoms with E-state index >= 15 is 0 Å². The summed E-state index contributed by atoms with van der Waals surface area (Å²) in [7, 11) is 1.49. The number of benzene rings is 2. The molecule has 2 aromatic rings. The first-order chi connectivity index (χ1) is 11.2. The van der Waals surface area contributed by atoms with Crippen LogP contribution in [-0.2, 0) is 17.6 Å². The second-order valence-electron chi connectivity index (χ2n) is 5.48. The van der Waals surface area contributed by atoms with E-state index in [0.29, 0.717) is 12.3 Å². The minimum Gasteiger partial charge on any atom is -0.504 e. The molecule has 0 heterocycles. The lowest BCUT2D eigenvalue weighted by molar-refractivity contribution is -0.120. The van der Waals surface area contributed by atoms with E-state index in [2.05, 4.69) is 17.4 Å². The van der Waals surface area contributed by atoms with Crippen molar-refractivity contribution in [3.8, 4) is 11.5 Å². The molecule has 4 heteroatoms. The number of unbranched alkanes of at least 4 members (excludes halogenated alkanes) is 1. The summed E-state index contributed by atoms with van der Waals surface area (Å²) in [6.07, 6.45) is 3.33. The normalized spacial score (nSPS) is 10.3. The summed E-state index contributed by atoms with van der Waals surface area (Å²) in [5.41, 5.74) is 2.15. The Balaban J connectivity index is 1.67. The van der Waals surface area contributed by atoms with Gasteiger partial charge in [-0.05, 0) is 42.5 Å². The zero-order valence-corrected chi connectivity index (χ0v) is 13.4. The lowest BCUT2D eigenvalue weighted by Gasteiger charge is -2.08. The molecule has 0 spiro atoms. The lowest BCUT2D eigenvalue weighted by atomic mass is 10.1. The third-order valence-electron chi connectivity index (χ3n) is 3.67. The monoisotopic (exact) mass is 313 g/mol. The number of aryl methyl sites for hydroxylation is 1. The molecule has 0 aromatic heterocycles. The second kappa shape index (κ2) is 8.83. The van der Waals surface area contributed by atoms with Crippen molar-refractivity contribution in [3.05, 3.63) is 59.7 Å². The van der Waals surface area contributed by atoms with Crippen LogP contribution >= 0.6 is 0 Å². The molecular formula is C19H23NO3. The van der Waals surface area contributed by atoms with Crippen LogP contribution in [0.5, 0.6) is 11.5 Å². The fourth-order valence-corrected chi connectivity index (χ4v) is 2.41. The number of carbonyl (C=O) groups is 1. The number of nitrogens with one attached hydrogen (secondary N) is 1. The lowest BCUT2D eigenvalue weighted by Crippen LogP contribution is -2.26. The largest absolute Gasteiger partial charge is 0.504 e. The predicted octanol–water partition coefficient (Wildman–Crippen LogP) is 3.08. The molecule has 23 heavy (non-hydrogen) atoms. The molecular weight excluding hydrogens is 290 g/mol. The number of methoxy groups -OCH3 is 1. The van der Waals surface area contributed by atoms with Crippen molar-refractivity contribution in [3.63, 3.8) is 0 Å². The molecule has 0 bridgehead atoms. The van der Waals surface area contributed by atoms with Crippen molar-refractivity contribution < 1.29 is 14.6 Å². The molecule has 0 aliphatic heterocycles. The van der Waals surface area contributed by atoms with Gasteiger partial charge in [-0.15, -0.1) is 0 Å². The summed E-state index contributed by atoms with van der Waals surface area (Å²) in [6.45, 7) is 0.681. The minimum atomic E-state index is -0.0162.